The number of nitrogens with zero attached hydrogens (tertiary/aromatic N) is 4. The molecule has 0 unspecified atom stereocenters. The van der Waals surface area contributed by atoms with E-state index in [-0.39, 0.29) is 6.10 Å². The molecule has 1 heterocycles. The van der Waals surface area contributed by atoms with Crippen LogP contribution in [0.4, 0.5) is 5.95 Å². The number of aromatic nitrogens is 3. The van der Waals surface area contributed by atoms with E-state index in [2.05, 4.69) is 24.3 Å². The number of ether oxygens (including phenoxy) is 1. The number of rotatable bonds is 6. The maximum Gasteiger partial charge on any atom is 0.224 e. The summed E-state index contributed by atoms with van der Waals surface area (Å²) in [5, 5.41) is 4.75. The van der Waals surface area contributed by atoms with Gasteiger partial charge in [0.1, 0.15) is 0 Å². The Morgan fingerprint density at radius 2 is 1.84 bits per heavy atom. The number of hydrogen-bond acceptors (Lipinski definition) is 4. The Morgan fingerprint density at radius 3 is 2.52 bits per heavy atom. The molecular weight excluding hydrogens is 312 g/mol. The fourth-order valence-electron chi connectivity index (χ4n) is 2.72. The lowest BCUT2D eigenvalue weighted by molar-refractivity contribution is 0.119. The molecule has 25 heavy (non-hydrogen) atoms. The van der Waals surface area contributed by atoms with Crippen LogP contribution in [0.2, 0.25) is 0 Å². The van der Waals surface area contributed by atoms with Crippen LogP contribution >= 0.6 is 0 Å². The van der Waals surface area contributed by atoms with Gasteiger partial charge in [0.25, 0.3) is 0 Å². The van der Waals surface area contributed by atoms with Crippen molar-refractivity contribution < 1.29 is 4.74 Å². The first-order valence-electron chi connectivity index (χ1n) is 8.37. The Balaban J connectivity index is 1.96. The third kappa shape index (κ3) is 3.88. The number of methoxy groups -OCH3 is 1. The van der Waals surface area contributed by atoms with E-state index in [0.29, 0.717) is 6.54 Å². The third-order valence-electron chi connectivity index (χ3n) is 4.20. The van der Waals surface area contributed by atoms with E-state index in [0.717, 1.165) is 22.9 Å². The molecule has 3 aromatic rings. The van der Waals surface area contributed by atoms with Crippen LogP contribution in [0.5, 0.6) is 0 Å². The molecule has 1 atom stereocenters. The first kappa shape index (κ1) is 17.2. The van der Waals surface area contributed by atoms with Crippen molar-refractivity contribution in [1.82, 2.24) is 14.8 Å². The van der Waals surface area contributed by atoms with E-state index in [1.807, 2.05) is 60.9 Å². The zero-order valence-corrected chi connectivity index (χ0v) is 15.2. The Hall–Kier alpha value is -2.66. The van der Waals surface area contributed by atoms with E-state index in [9.17, 15) is 0 Å². The molecule has 0 bridgehead atoms. The van der Waals surface area contributed by atoms with Crippen molar-refractivity contribution in [2.45, 2.75) is 19.6 Å². The standard InChI is InChI=1S/C20H24N4O/c1-15(25-4)17-11-8-12-18(13-17)19-21-20(23(2)3)24(22-19)14-16-9-6-5-7-10-16/h5-13,15H,14H2,1-4H3/t15-/m0/s1. The van der Waals surface area contributed by atoms with Gasteiger partial charge in [0, 0.05) is 26.8 Å². The van der Waals surface area contributed by atoms with Crippen molar-refractivity contribution in [2.24, 2.45) is 0 Å². The summed E-state index contributed by atoms with van der Waals surface area (Å²) < 4.78 is 7.36. The summed E-state index contributed by atoms with van der Waals surface area (Å²) in [6.45, 7) is 2.72. The van der Waals surface area contributed by atoms with Gasteiger partial charge in [-0.2, -0.15) is 4.98 Å². The fourth-order valence-corrected chi connectivity index (χ4v) is 2.72. The van der Waals surface area contributed by atoms with E-state index in [1.54, 1.807) is 7.11 Å². The highest BCUT2D eigenvalue weighted by Crippen LogP contribution is 2.24. The highest BCUT2D eigenvalue weighted by molar-refractivity contribution is 5.58. The van der Waals surface area contributed by atoms with Crippen LogP contribution in [-0.4, -0.2) is 36.0 Å². The Kier molecular flexibility index (Phi) is 5.14. The molecule has 0 saturated heterocycles. The number of hydrogen-bond donors (Lipinski definition) is 0. The van der Waals surface area contributed by atoms with Gasteiger partial charge >= 0.3 is 0 Å². The lowest BCUT2D eigenvalue weighted by Gasteiger charge is -2.12. The van der Waals surface area contributed by atoms with Gasteiger partial charge in [-0.25, -0.2) is 4.68 Å². The lowest BCUT2D eigenvalue weighted by Crippen LogP contribution is -2.16. The van der Waals surface area contributed by atoms with Crippen molar-refractivity contribution in [3.05, 3.63) is 65.7 Å². The van der Waals surface area contributed by atoms with Crippen LogP contribution in [0.15, 0.2) is 54.6 Å². The zero-order valence-electron chi connectivity index (χ0n) is 15.2. The predicted octanol–water partition coefficient (Wildman–Crippen LogP) is 3.77. The molecular formula is C20H24N4O. The fraction of sp³-hybridized carbons (Fsp3) is 0.300. The van der Waals surface area contributed by atoms with Crippen LogP contribution in [0.25, 0.3) is 11.4 Å². The second-order valence-electron chi connectivity index (χ2n) is 6.28. The summed E-state index contributed by atoms with van der Waals surface area (Å²) in [7, 11) is 5.69. The minimum Gasteiger partial charge on any atom is -0.377 e. The first-order chi connectivity index (χ1) is 12.1. The van der Waals surface area contributed by atoms with Crippen LogP contribution in [0, 0.1) is 0 Å². The van der Waals surface area contributed by atoms with Crippen LogP contribution in [-0.2, 0) is 11.3 Å². The molecule has 0 saturated carbocycles. The van der Waals surface area contributed by atoms with E-state index in [1.165, 1.54) is 5.56 Å². The van der Waals surface area contributed by atoms with Gasteiger partial charge < -0.3 is 9.64 Å². The minimum atomic E-state index is 0.0414. The normalized spacial score (nSPS) is 12.2. The Labute approximate surface area is 148 Å². The smallest absolute Gasteiger partial charge is 0.224 e. The van der Waals surface area contributed by atoms with Gasteiger partial charge in [-0.3, -0.25) is 0 Å². The van der Waals surface area contributed by atoms with E-state index >= 15 is 0 Å². The van der Waals surface area contributed by atoms with Crippen molar-refractivity contribution in [1.29, 1.82) is 0 Å². The first-order valence-corrected chi connectivity index (χ1v) is 8.37. The summed E-state index contributed by atoms with van der Waals surface area (Å²) in [5.74, 6) is 1.56. The van der Waals surface area contributed by atoms with Gasteiger partial charge in [0.15, 0.2) is 5.82 Å². The largest absolute Gasteiger partial charge is 0.377 e. The molecule has 0 aliphatic rings. The number of benzene rings is 2. The SMILES string of the molecule is CO[C@@H](C)c1cccc(-c2nc(N(C)C)n(Cc3ccccc3)n2)c1. The maximum absolute atomic E-state index is 5.42. The average Bonchev–Trinajstić information content (AvgIpc) is 3.06. The molecule has 5 heteroatoms. The molecule has 0 amide bonds. The zero-order chi connectivity index (χ0) is 17.8. The van der Waals surface area contributed by atoms with Gasteiger partial charge in [-0.15, -0.1) is 5.10 Å². The topological polar surface area (TPSA) is 43.2 Å². The molecule has 2 aromatic carbocycles. The summed E-state index contributed by atoms with van der Waals surface area (Å²) in [5.41, 5.74) is 3.31. The van der Waals surface area contributed by atoms with Gasteiger partial charge in [-0.1, -0.05) is 48.5 Å². The highest BCUT2D eigenvalue weighted by atomic mass is 16.5. The van der Waals surface area contributed by atoms with Crippen LogP contribution in [0.3, 0.4) is 0 Å². The maximum atomic E-state index is 5.42. The molecule has 5 nitrogen and oxygen atoms in total. The molecule has 1 aromatic heterocycles. The number of anilines is 1. The van der Waals surface area contributed by atoms with Crippen molar-refractivity contribution in [3.63, 3.8) is 0 Å². The predicted molar refractivity (Wildman–Crippen MR) is 101 cm³/mol. The Morgan fingerprint density at radius 1 is 1.08 bits per heavy atom. The molecule has 0 aliphatic carbocycles. The third-order valence-corrected chi connectivity index (χ3v) is 4.20. The van der Waals surface area contributed by atoms with E-state index < -0.39 is 0 Å². The van der Waals surface area contributed by atoms with Crippen molar-refractivity contribution in [3.8, 4) is 11.4 Å². The average molecular weight is 336 g/mol. The Bertz CT molecular complexity index is 827. The summed E-state index contributed by atoms with van der Waals surface area (Å²) in [4.78, 5) is 6.73. The second-order valence-corrected chi connectivity index (χ2v) is 6.28. The highest BCUT2D eigenvalue weighted by Gasteiger charge is 2.15. The van der Waals surface area contributed by atoms with Gasteiger partial charge in [0.05, 0.1) is 12.6 Å². The summed E-state index contributed by atoms with van der Waals surface area (Å²) in [6.07, 6.45) is 0.0414. The van der Waals surface area contributed by atoms with Crippen LogP contribution in [0.1, 0.15) is 24.2 Å². The monoisotopic (exact) mass is 336 g/mol. The minimum absolute atomic E-state index is 0.0414. The molecule has 0 N–H and O–H groups in total. The van der Waals surface area contributed by atoms with Crippen molar-refractivity contribution in [2.75, 3.05) is 26.1 Å². The second kappa shape index (κ2) is 7.49. The quantitative estimate of drug-likeness (QED) is 0.687. The molecule has 130 valence electrons. The molecule has 0 radical (unpaired) electrons. The molecule has 0 fully saturated rings. The van der Waals surface area contributed by atoms with Crippen LogP contribution < -0.4 is 4.90 Å². The molecule has 0 aliphatic heterocycles. The summed E-state index contributed by atoms with van der Waals surface area (Å²) >= 11 is 0. The molecule has 0 spiro atoms. The van der Waals surface area contributed by atoms with E-state index in [4.69, 9.17) is 14.8 Å². The van der Waals surface area contributed by atoms with Gasteiger partial charge in [0.2, 0.25) is 5.95 Å². The van der Waals surface area contributed by atoms with Gasteiger partial charge in [-0.05, 0) is 24.1 Å². The van der Waals surface area contributed by atoms with Crippen molar-refractivity contribution >= 4 is 5.95 Å². The molecule has 3 rings (SSSR count). The lowest BCUT2D eigenvalue weighted by atomic mass is 10.1. The summed E-state index contributed by atoms with van der Waals surface area (Å²) in [6, 6.07) is 18.5.